The number of amidine groups is 1. The third-order valence-corrected chi connectivity index (χ3v) is 4.86. The highest BCUT2D eigenvalue weighted by molar-refractivity contribution is 8.17. The highest BCUT2D eigenvalue weighted by atomic mass is 32.2. The lowest BCUT2D eigenvalue weighted by molar-refractivity contribution is -0.127. The summed E-state index contributed by atoms with van der Waals surface area (Å²) in [6, 6.07) is -0.710. The van der Waals surface area contributed by atoms with Gasteiger partial charge in [0.15, 0.2) is 5.17 Å². The van der Waals surface area contributed by atoms with Crippen molar-refractivity contribution in [3.05, 3.63) is 0 Å². The van der Waals surface area contributed by atoms with E-state index in [4.69, 9.17) is 5.73 Å². The highest BCUT2D eigenvalue weighted by Gasteiger charge is 2.57. The molecule has 1 atom stereocenters. The van der Waals surface area contributed by atoms with Gasteiger partial charge in [-0.2, -0.15) is 5.10 Å². The van der Waals surface area contributed by atoms with Crippen molar-refractivity contribution in [3.8, 4) is 0 Å². The van der Waals surface area contributed by atoms with E-state index in [1.807, 2.05) is 0 Å². The SMILES string of the molecule is NC(=O)N/N=C1\CCCC12SC1=NCCN1C2=O. The van der Waals surface area contributed by atoms with E-state index in [0.29, 0.717) is 25.2 Å². The molecule has 8 heteroatoms. The minimum atomic E-state index is -0.710. The molecule has 1 aliphatic carbocycles. The van der Waals surface area contributed by atoms with E-state index in [9.17, 15) is 9.59 Å². The van der Waals surface area contributed by atoms with E-state index in [1.54, 1.807) is 4.90 Å². The Morgan fingerprint density at radius 1 is 1.61 bits per heavy atom. The zero-order chi connectivity index (χ0) is 12.8. The van der Waals surface area contributed by atoms with Gasteiger partial charge in [-0.15, -0.1) is 0 Å². The zero-order valence-corrected chi connectivity index (χ0v) is 10.5. The second-order valence-electron chi connectivity index (χ2n) is 4.44. The lowest BCUT2D eigenvalue weighted by Gasteiger charge is -2.20. The number of nitrogens with zero attached hydrogens (tertiary/aromatic N) is 3. The molecule has 0 bridgehead atoms. The van der Waals surface area contributed by atoms with Crippen molar-refractivity contribution in [2.75, 3.05) is 13.1 Å². The summed E-state index contributed by atoms with van der Waals surface area (Å²) in [4.78, 5) is 29.2. The second-order valence-corrected chi connectivity index (χ2v) is 5.70. The van der Waals surface area contributed by atoms with Crippen molar-refractivity contribution >= 4 is 34.6 Å². The Morgan fingerprint density at radius 2 is 2.44 bits per heavy atom. The fraction of sp³-hybridized carbons (Fsp3) is 0.600. The maximum absolute atomic E-state index is 12.5. The van der Waals surface area contributed by atoms with Crippen LogP contribution in [0.5, 0.6) is 0 Å². The minimum absolute atomic E-state index is 0.0475. The van der Waals surface area contributed by atoms with Crippen molar-refractivity contribution in [1.29, 1.82) is 0 Å². The molecule has 3 amide bonds. The molecule has 1 unspecified atom stereocenters. The number of hydrogen-bond acceptors (Lipinski definition) is 5. The van der Waals surface area contributed by atoms with Crippen LogP contribution in [0, 0.1) is 0 Å². The van der Waals surface area contributed by atoms with Crippen LogP contribution in [-0.4, -0.2) is 45.6 Å². The van der Waals surface area contributed by atoms with Crippen LogP contribution in [0.25, 0.3) is 0 Å². The van der Waals surface area contributed by atoms with Crippen molar-refractivity contribution < 1.29 is 9.59 Å². The Balaban J connectivity index is 1.92. The number of carbonyl (C=O) groups is 2. The minimum Gasteiger partial charge on any atom is -0.350 e. The summed E-state index contributed by atoms with van der Waals surface area (Å²) < 4.78 is -0.651. The van der Waals surface area contributed by atoms with E-state index in [2.05, 4.69) is 15.5 Å². The molecule has 1 spiro atoms. The number of thioether (sulfide) groups is 1. The largest absolute Gasteiger partial charge is 0.350 e. The molecule has 0 aromatic carbocycles. The van der Waals surface area contributed by atoms with Crippen molar-refractivity contribution in [2.45, 2.75) is 24.0 Å². The van der Waals surface area contributed by atoms with Crippen LogP contribution in [-0.2, 0) is 4.79 Å². The number of carbonyl (C=O) groups excluding carboxylic acids is 2. The standard InChI is InChI=1S/C10H13N5O2S/c11-8(17)14-13-6-2-1-3-10(6)7(16)15-5-4-12-9(15)18-10/h1-5H2,(H3,11,14,17)/b13-6+. The quantitative estimate of drug-likeness (QED) is 0.648. The molecule has 0 aromatic rings. The van der Waals surface area contributed by atoms with Crippen LogP contribution >= 0.6 is 11.8 Å². The molecule has 3 rings (SSSR count). The summed E-state index contributed by atoms with van der Waals surface area (Å²) in [5.41, 5.74) is 7.93. The van der Waals surface area contributed by atoms with E-state index >= 15 is 0 Å². The number of nitrogens with two attached hydrogens (primary N) is 1. The number of hydrazone groups is 1. The maximum atomic E-state index is 12.5. The molecule has 7 nitrogen and oxygen atoms in total. The third kappa shape index (κ3) is 1.52. The first kappa shape index (κ1) is 11.5. The third-order valence-electron chi connectivity index (χ3n) is 3.37. The van der Waals surface area contributed by atoms with Crippen LogP contribution in [0.4, 0.5) is 4.79 Å². The average molecular weight is 267 g/mol. The zero-order valence-electron chi connectivity index (χ0n) is 9.68. The first-order chi connectivity index (χ1) is 8.63. The van der Waals surface area contributed by atoms with Gasteiger partial charge in [0, 0.05) is 6.54 Å². The van der Waals surface area contributed by atoms with Gasteiger partial charge >= 0.3 is 6.03 Å². The van der Waals surface area contributed by atoms with Gasteiger partial charge in [0.25, 0.3) is 5.91 Å². The Bertz CT molecular complexity index is 489. The van der Waals surface area contributed by atoms with Gasteiger partial charge in [0.2, 0.25) is 0 Å². The smallest absolute Gasteiger partial charge is 0.332 e. The summed E-state index contributed by atoms with van der Waals surface area (Å²) in [7, 11) is 0. The molecular weight excluding hydrogens is 254 g/mol. The van der Waals surface area contributed by atoms with Crippen molar-refractivity contribution in [1.82, 2.24) is 10.3 Å². The van der Waals surface area contributed by atoms with E-state index in [-0.39, 0.29) is 5.91 Å². The molecule has 1 saturated heterocycles. The molecule has 2 heterocycles. The van der Waals surface area contributed by atoms with Gasteiger partial charge in [-0.1, -0.05) is 11.8 Å². The number of hydrogen-bond donors (Lipinski definition) is 2. The maximum Gasteiger partial charge on any atom is 0.332 e. The van der Waals surface area contributed by atoms with E-state index in [1.165, 1.54) is 11.8 Å². The van der Waals surface area contributed by atoms with Gasteiger partial charge in [-0.05, 0) is 19.3 Å². The predicted octanol–water partition coefficient (Wildman–Crippen LogP) is -0.122. The highest BCUT2D eigenvalue weighted by Crippen LogP contribution is 2.47. The van der Waals surface area contributed by atoms with Crippen LogP contribution in [0.3, 0.4) is 0 Å². The number of primary amides is 1. The summed E-state index contributed by atoms with van der Waals surface area (Å²) in [6.45, 7) is 1.33. The van der Waals surface area contributed by atoms with Gasteiger partial charge in [-0.3, -0.25) is 14.7 Å². The Hall–Kier alpha value is -1.57. The first-order valence-corrected chi connectivity index (χ1v) is 6.63. The summed E-state index contributed by atoms with van der Waals surface area (Å²) in [5, 5.41) is 4.79. The molecule has 0 aromatic heterocycles. The lowest BCUT2D eigenvalue weighted by Crippen LogP contribution is -2.43. The molecule has 3 N–H and O–H groups in total. The molecule has 2 aliphatic heterocycles. The van der Waals surface area contributed by atoms with Gasteiger partial charge in [0.1, 0.15) is 4.75 Å². The normalized spacial score (nSPS) is 32.2. The number of aliphatic imine (C=N–C) groups is 1. The fourth-order valence-corrected chi connectivity index (χ4v) is 4.04. The molecule has 2 fully saturated rings. The summed E-state index contributed by atoms with van der Waals surface area (Å²) in [6.07, 6.45) is 2.34. The summed E-state index contributed by atoms with van der Waals surface area (Å²) in [5.74, 6) is 0.0475. The van der Waals surface area contributed by atoms with Crippen LogP contribution < -0.4 is 11.2 Å². The Kier molecular flexibility index (Phi) is 2.54. The first-order valence-electron chi connectivity index (χ1n) is 5.81. The number of nitrogens with one attached hydrogen (secondary N) is 1. The van der Waals surface area contributed by atoms with Gasteiger partial charge in [0.05, 0.1) is 12.3 Å². The summed E-state index contributed by atoms with van der Waals surface area (Å²) >= 11 is 1.46. The molecule has 0 radical (unpaired) electrons. The van der Waals surface area contributed by atoms with Crippen LogP contribution in [0.2, 0.25) is 0 Å². The van der Waals surface area contributed by atoms with E-state index < -0.39 is 10.8 Å². The molecule has 3 aliphatic rings. The van der Waals surface area contributed by atoms with Crippen LogP contribution in [0.1, 0.15) is 19.3 Å². The lowest BCUT2D eigenvalue weighted by atomic mass is 10.0. The average Bonchev–Trinajstić information content (AvgIpc) is 2.98. The monoisotopic (exact) mass is 267 g/mol. The molecular formula is C10H13N5O2S. The number of fused-ring (bicyclic) bond motifs is 1. The Labute approximate surface area is 108 Å². The van der Waals surface area contributed by atoms with Crippen LogP contribution in [0.15, 0.2) is 10.1 Å². The topological polar surface area (TPSA) is 100 Å². The second kappa shape index (κ2) is 3.98. The van der Waals surface area contributed by atoms with Gasteiger partial charge < -0.3 is 5.73 Å². The number of urea groups is 1. The molecule has 18 heavy (non-hydrogen) atoms. The number of rotatable bonds is 1. The van der Waals surface area contributed by atoms with E-state index in [0.717, 1.165) is 18.0 Å². The molecule has 1 saturated carbocycles. The van der Waals surface area contributed by atoms with Crippen molar-refractivity contribution in [3.63, 3.8) is 0 Å². The molecule has 96 valence electrons. The van der Waals surface area contributed by atoms with Crippen molar-refractivity contribution in [2.24, 2.45) is 15.8 Å². The Morgan fingerprint density at radius 3 is 3.17 bits per heavy atom. The fourth-order valence-electron chi connectivity index (χ4n) is 2.58. The predicted molar refractivity (Wildman–Crippen MR) is 68.3 cm³/mol. The number of amides is 3. The van der Waals surface area contributed by atoms with Gasteiger partial charge in [-0.25, -0.2) is 10.2 Å².